The molecule has 0 spiro atoms. The summed E-state index contributed by atoms with van der Waals surface area (Å²) in [4.78, 5) is 4.58. The molecule has 0 amide bonds. The van der Waals surface area contributed by atoms with Gasteiger partial charge in [-0.3, -0.25) is 0 Å². The molecular formula is C13H6BrClN4S2. The van der Waals surface area contributed by atoms with Crippen molar-refractivity contribution in [2.75, 3.05) is 5.32 Å². The molecule has 104 valence electrons. The standard InChI is InChI=1S/C13H6BrClN4S2/c14-6-1-4-10-9(5-6)16-13(20-10)17-11-7(15)2-3-8-12(11)19-21-18-8/h1-5H,(H,16,17). The molecule has 0 saturated heterocycles. The molecule has 2 heterocycles. The topological polar surface area (TPSA) is 50.7 Å². The van der Waals surface area contributed by atoms with Gasteiger partial charge in [0.05, 0.1) is 32.7 Å². The van der Waals surface area contributed by atoms with Crippen LogP contribution >= 0.6 is 50.6 Å². The second-order valence-corrected chi connectivity index (χ2v) is 7.19. The van der Waals surface area contributed by atoms with E-state index in [0.29, 0.717) is 5.02 Å². The zero-order chi connectivity index (χ0) is 14.4. The number of benzene rings is 2. The highest BCUT2D eigenvalue weighted by atomic mass is 79.9. The number of rotatable bonds is 2. The van der Waals surface area contributed by atoms with Gasteiger partial charge in [-0.05, 0) is 30.3 Å². The van der Waals surface area contributed by atoms with E-state index in [1.54, 1.807) is 11.3 Å². The van der Waals surface area contributed by atoms with Gasteiger partial charge < -0.3 is 5.32 Å². The summed E-state index contributed by atoms with van der Waals surface area (Å²) in [6.45, 7) is 0. The van der Waals surface area contributed by atoms with E-state index in [4.69, 9.17) is 11.6 Å². The number of hydrogen-bond acceptors (Lipinski definition) is 6. The zero-order valence-electron chi connectivity index (χ0n) is 10.3. The minimum absolute atomic E-state index is 0.607. The third-order valence-corrected chi connectivity index (χ3v) is 5.26. The van der Waals surface area contributed by atoms with Gasteiger partial charge in [0.1, 0.15) is 11.0 Å². The minimum Gasteiger partial charge on any atom is -0.328 e. The lowest BCUT2D eigenvalue weighted by Crippen LogP contribution is -1.91. The van der Waals surface area contributed by atoms with Crippen LogP contribution in [0.1, 0.15) is 0 Å². The molecule has 4 aromatic rings. The molecule has 2 aromatic heterocycles. The first kappa shape index (κ1) is 13.4. The Bertz CT molecular complexity index is 965. The van der Waals surface area contributed by atoms with E-state index >= 15 is 0 Å². The van der Waals surface area contributed by atoms with E-state index < -0.39 is 0 Å². The predicted molar refractivity (Wildman–Crippen MR) is 93.0 cm³/mol. The Kier molecular flexibility index (Phi) is 3.30. The lowest BCUT2D eigenvalue weighted by Gasteiger charge is -2.05. The number of fused-ring (bicyclic) bond motifs is 2. The molecule has 0 aliphatic carbocycles. The zero-order valence-corrected chi connectivity index (χ0v) is 14.3. The van der Waals surface area contributed by atoms with Crippen molar-refractivity contribution >= 4 is 82.7 Å². The van der Waals surface area contributed by atoms with E-state index in [1.807, 2.05) is 30.3 Å². The summed E-state index contributed by atoms with van der Waals surface area (Å²) in [6, 6.07) is 9.71. The van der Waals surface area contributed by atoms with Gasteiger partial charge in [0.2, 0.25) is 0 Å². The van der Waals surface area contributed by atoms with Crippen molar-refractivity contribution in [3.05, 3.63) is 39.8 Å². The first-order valence-corrected chi connectivity index (χ1v) is 8.66. The molecule has 4 rings (SSSR count). The summed E-state index contributed by atoms with van der Waals surface area (Å²) in [5.41, 5.74) is 3.29. The van der Waals surface area contributed by atoms with Crippen LogP contribution in [0.2, 0.25) is 5.02 Å². The van der Waals surface area contributed by atoms with Gasteiger partial charge in [-0.1, -0.05) is 38.9 Å². The molecule has 2 aromatic carbocycles. The van der Waals surface area contributed by atoms with Crippen LogP contribution in [0.3, 0.4) is 0 Å². The highest BCUT2D eigenvalue weighted by Gasteiger charge is 2.12. The third-order valence-electron chi connectivity index (χ3n) is 2.96. The second kappa shape index (κ2) is 5.17. The van der Waals surface area contributed by atoms with E-state index in [9.17, 15) is 0 Å². The van der Waals surface area contributed by atoms with Crippen LogP contribution in [0, 0.1) is 0 Å². The number of hydrogen-bond donors (Lipinski definition) is 1. The van der Waals surface area contributed by atoms with Crippen LogP contribution in [0.5, 0.6) is 0 Å². The highest BCUT2D eigenvalue weighted by Crippen LogP contribution is 2.35. The molecule has 0 aliphatic heterocycles. The van der Waals surface area contributed by atoms with Crippen molar-refractivity contribution in [1.29, 1.82) is 0 Å². The van der Waals surface area contributed by atoms with E-state index in [0.717, 1.165) is 36.5 Å². The lowest BCUT2D eigenvalue weighted by atomic mass is 10.2. The summed E-state index contributed by atoms with van der Waals surface area (Å²) in [5, 5.41) is 4.66. The Hall–Kier alpha value is -1.28. The first-order chi connectivity index (χ1) is 10.2. The van der Waals surface area contributed by atoms with Crippen LogP contribution in [0.15, 0.2) is 34.8 Å². The van der Waals surface area contributed by atoms with Crippen LogP contribution in [0.4, 0.5) is 10.8 Å². The molecule has 8 heteroatoms. The van der Waals surface area contributed by atoms with Crippen molar-refractivity contribution < 1.29 is 0 Å². The molecule has 4 nitrogen and oxygen atoms in total. The smallest absolute Gasteiger partial charge is 0.188 e. The maximum Gasteiger partial charge on any atom is 0.188 e. The quantitative estimate of drug-likeness (QED) is 0.488. The molecule has 0 aliphatic rings. The minimum atomic E-state index is 0.607. The SMILES string of the molecule is Clc1ccc2nsnc2c1Nc1nc2cc(Br)ccc2s1. The third kappa shape index (κ3) is 2.40. The van der Waals surface area contributed by atoms with Gasteiger partial charge in [-0.25, -0.2) is 4.98 Å². The van der Waals surface area contributed by atoms with E-state index in [-0.39, 0.29) is 0 Å². The van der Waals surface area contributed by atoms with Crippen LogP contribution in [-0.2, 0) is 0 Å². The van der Waals surface area contributed by atoms with Gasteiger partial charge in [0.15, 0.2) is 5.13 Å². The highest BCUT2D eigenvalue weighted by molar-refractivity contribution is 9.10. The number of thiazole rings is 1. The fraction of sp³-hybridized carbons (Fsp3) is 0. The normalized spacial score (nSPS) is 11.3. The maximum atomic E-state index is 6.28. The Morgan fingerprint density at radius 1 is 1.10 bits per heavy atom. The predicted octanol–water partition coefficient (Wildman–Crippen LogP) is 5.46. The number of nitrogens with one attached hydrogen (secondary N) is 1. The van der Waals surface area contributed by atoms with E-state index in [1.165, 1.54) is 11.7 Å². The fourth-order valence-corrected chi connectivity index (χ4v) is 3.95. The molecule has 0 bridgehead atoms. The number of nitrogens with zero attached hydrogens (tertiary/aromatic N) is 3. The largest absolute Gasteiger partial charge is 0.328 e. The van der Waals surface area contributed by atoms with Gasteiger partial charge in [0, 0.05) is 4.47 Å². The Morgan fingerprint density at radius 2 is 2.00 bits per heavy atom. The van der Waals surface area contributed by atoms with Crippen molar-refractivity contribution in [2.24, 2.45) is 0 Å². The van der Waals surface area contributed by atoms with Crippen LogP contribution in [-0.4, -0.2) is 13.7 Å². The molecule has 1 N–H and O–H groups in total. The molecule has 0 saturated carbocycles. The summed E-state index contributed by atoms with van der Waals surface area (Å²) in [7, 11) is 0. The molecule has 0 fully saturated rings. The number of halogens is 2. The van der Waals surface area contributed by atoms with Crippen molar-refractivity contribution in [3.63, 3.8) is 0 Å². The molecule has 0 unspecified atom stereocenters. The van der Waals surface area contributed by atoms with Gasteiger partial charge in [-0.15, -0.1) is 0 Å². The number of aromatic nitrogens is 3. The maximum absolute atomic E-state index is 6.28. The van der Waals surface area contributed by atoms with Crippen molar-refractivity contribution in [3.8, 4) is 0 Å². The van der Waals surface area contributed by atoms with Crippen LogP contribution < -0.4 is 5.32 Å². The Balaban J connectivity index is 1.82. The molecule has 0 atom stereocenters. The summed E-state index contributed by atoms with van der Waals surface area (Å²) >= 11 is 12.5. The molecule has 21 heavy (non-hydrogen) atoms. The Labute approximate surface area is 141 Å². The fourth-order valence-electron chi connectivity index (χ4n) is 2.01. The monoisotopic (exact) mass is 396 g/mol. The Morgan fingerprint density at radius 3 is 2.90 bits per heavy atom. The van der Waals surface area contributed by atoms with Crippen molar-refractivity contribution in [2.45, 2.75) is 0 Å². The van der Waals surface area contributed by atoms with E-state index in [2.05, 4.69) is 35.0 Å². The van der Waals surface area contributed by atoms with Crippen LogP contribution in [0.25, 0.3) is 21.3 Å². The first-order valence-electron chi connectivity index (χ1n) is 5.94. The second-order valence-electron chi connectivity index (χ2n) is 4.31. The summed E-state index contributed by atoms with van der Waals surface area (Å²) in [6.07, 6.45) is 0. The van der Waals surface area contributed by atoms with Gasteiger partial charge in [0.25, 0.3) is 0 Å². The average molecular weight is 398 g/mol. The summed E-state index contributed by atoms with van der Waals surface area (Å²) in [5.74, 6) is 0. The summed E-state index contributed by atoms with van der Waals surface area (Å²) < 4.78 is 10.6. The lowest BCUT2D eigenvalue weighted by molar-refractivity contribution is 1.44. The van der Waals surface area contributed by atoms with Crippen molar-refractivity contribution in [1.82, 2.24) is 13.7 Å². The van der Waals surface area contributed by atoms with Gasteiger partial charge in [-0.2, -0.15) is 8.75 Å². The average Bonchev–Trinajstić information content (AvgIpc) is 3.07. The van der Waals surface area contributed by atoms with Gasteiger partial charge >= 0.3 is 0 Å². The molecular weight excluding hydrogens is 392 g/mol. The molecule has 0 radical (unpaired) electrons. The number of anilines is 2.